The molecule has 2 rings (SSSR count). The largest absolute Gasteiger partial charge is 0.325 e. The summed E-state index contributed by atoms with van der Waals surface area (Å²) in [6, 6.07) is 14.8. The Labute approximate surface area is 157 Å². The van der Waals surface area contributed by atoms with Gasteiger partial charge in [0.05, 0.1) is 12.8 Å². The van der Waals surface area contributed by atoms with Gasteiger partial charge in [0.25, 0.3) is 0 Å². The van der Waals surface area contributed by atoms with Gasteiger partial charge in [-0.2, -0.15) is 4.31 Å². The minimum atomic E-state index is -3.52. The molecule has 0 unspecified atom stereocenters. The van der Waals surface area contributed by atoms with E-state index in [4.69, 9.17) is 0 Å². The lowest BCUT2D eigenvalue weighted by Crippen LogP contribution is -2.37. The highest BCUT2D eigenvalue weighted by Crippen LogP contribution is 2.17. The Balaban J connectivity index is 2.11. The fourth-order valence-corrected chi connectivity index (χ4v) is 3.38. The standard InChI is InChI=1S/C18H21BrN2O3S/c1-3-15-6-4-5-7-17(15)20-18(22)13-21(25(2,23)24)12-14-8-10-16(19)11-9-14/h4-11H,3,12-13H2,1-2H3,(H,20,22). The Morgan fingerprint density at radius 1 is 1.12 bits per heavy atom. The molecule has 0 atom stereocenters. The Bertz CT molecular complexity index is 836. The molecule has 0 aliphatic heterocycles. The van der Waals surface area contributed by atoms with Gasteiger partial charge in [-0.15, -0.1) is 0 Å². The molecule has 0 spiro atoms. The van der Waals surface area contributed by atoms with Crippen LogP contribution in [0.15, 0.2) is 53.0 Å². The van der Waals surface area contributed by atoms with Crippen LogP contribution in [0.25, 0.3) is 0 Å². The molecule has 5 nitrogen and oxygen atoms in total. The number of hydrogen-bond donors (Lipinski definition) is 1. The van der Waals surface area contributed by atoms with Crippen molar-refractivity contribution >= 4 is 37.5 Å². The van der Waals surface area contributed by atoms with Crippen LogP contribution in [-0.2, 0) is 27.8 Å². The second-order valence-corrected chi connectivity index (χ2v) is 8.61. The highest BCUT2D eigenvalue weighted by atomic mass is 79.9. The summed E-state index contributed by atoms with van der Waals surface area (Å²) < 4.78 is 26.2. The van der Waals surface area contributed by atoms with Gasteiger partial charge in [0.15, 0.2) is 0 Å². The molecular weight excluding hydrogens is 404 g/mol. The minimum Gasteiger partial charge on any atom is -0.325 e. The number of amides is 1. The summed E-state index contributed by atoms with van der Waals surface area (Å²) in [5.41, 5.74) is 2.54. The van der Waals surface area contributed by atoms with Gasteiger partial charge in [0.2, 0.25) is 15.9 Å². The van der Waals surface area contributed by atoms with Gasteiger partial charge < -0.3 is 5.32 Å². The summed E-state index contributed by atoms with van der Waals surface area (Å²) >= 11 is 3.35. The number of halogens is 1. The fraction of sp³-hybridized carbons (Fsp3) is 0.278. The van der Waals surface area contributed by atoms with Crippen molar-refractivity contribution in [3.05, 3.63) is 64.1 Å². The van der Waals surface area contributed by atoms with Crippen LogP contribution >= 0.6 is 15.9 Å². The van der Waals surface area contributed by atoms with Crippen LogP contribution < -0.4 is 5.32 Å². The topological polar surface area (TPSA) is 66.5 Å². The van der Waals surface area contributed by atoms with Crippen LogP contribution in [0, 0.1) is 0 Å². The molecule has 0 aliphatic rings. The third kappa shape index (κ3) is 5.95. The Morgan fingerprint density at radius 2 is 1.76 bits per heavy atom. The number of sulfonamides is 1. The summed E-state index contributed by atoms with van der Waals surface area (Å²) in [5.74, 6) is -0.358. The number of nitrogens with one attached hydrogen (secondary N) is 1. The highest BCUT2D eigenvalue weighted by Gasteiger charge is 2.21. The van der Waals surface area contributed by atoms with E-state index in [2.05, 4.69) is 21.2 Å². The van der Waals surface area contributed by atoms with Crippen molar-refractivity contribution in [2.45, 2.75) is 19.9 Å². The predicted molar refractivity (Wildman–Crippen MR) is 104 cm³/mol. The number of rotatable bonds is 7. The first-order chi connectivity index (χ1) is 11.8. The monoisotopic (exact) mass is 424 g/mol. The molecule has 0 heterocycles. The van der Waals surface area contributed by atoms with E-state index in [1.807, 2.05) is 55.5 Å². The lowest BCUT2D eigenvalue weighted by atomic mass is 10.1. The van der Waals surface area contributed by atoms with Gasteiger partial charge >= 0.3 is 0 Å². The predicted octanol–water partition coefficient (Wildman–Crippen LogP) is 3.41. The number of nitrogens with zero attached hydrogens (tertiary/aromatic N) is 1. The van der Waals surface area contributed by atoms with E-state index in [9.17, 15) is 13.2 Å². The number of benzene rings is 2. The molecule has 2 aromatic carbocycles. The molecule has 0 saturated heterocycles. The van der Waals surface area contributed by atoms with Crippen LogP contribution in [0.5, 0.6) is 0 Å². The quantitative estimate of drug-likeness (QED) is 0.740. The van der Waals surface area contributed by atoms with E-state index < -0.39 is 10.0 Å². The minimum absolute atomic E-state index is 0.148. The zero-order valence-electron chi connectivity index (χ0n) is 14.2. The van der Waals surface area contributed by atoms with E-state index in [0.717, 1.165) is 28.3 Å². The van der Waals surface area contributed by atoms with Crippen LogP contribution in [-0.4, -0.2) is 31.4 Å². The second kappa shape index (κ2) is 8.60. The summed E-state index contributed by atoms with van der Waals surface area (Å²) in [4.78, 5) is 12.4. The fourth-order valence-electron chi connectivity index (χ4n) is 2.38. The Kier molecular flexibility index (Phi) is 6.75. The van der Waals surface area contributed by atoms with E-state index in [1.165, 1.54) is 4.31 Å². The van der Waals surface area contributed by atoms with Crippen molar-refractivity contribution in [3.8, 4) is 0 Å². The van der Waals surface area contributed by atoms with Gasteiger partial charge in [-0.25, -0.2) is 8.42 Å². The number of carbonyl (C=O) groups is 1. The first-order valence-electron chi connectivity index (χ1n) is 7.87. The normalized spacial score (nSPS) is 11.5. The Morgan fingerprint density at radius 3 is 2.36 bits per heavy atom. The summed E-state index contributed by atoms with van der Waals surface area (Å²) in [5, 5.41) is 2.81. The number of hydrogen-bond acceptors (Lipinski definition) is 3. The SMILES string of the molecule is CCc1ccccc1NC(=O)CN(Cc1ccc(Br)cc1)S(C)(=O)=O. The molecule has 0 bridgehead atoms. The van der Waals surface area contributed by atoms with Crippen LogP contribution in [0.3, 0.4) is 0 Å². The number of para-hydroxylation sites is 1. The van der Waals surface area contributed by atoms with Crippen molar-refractivity contribution in [2.75, 3.05) is 18.1 Å². The zero-order valence-corrected chi connectivity index (χ0v) is 16.6. The molecule has 0 radical (unpaired) electrons. The number of anilines is 1. The van der Waals surface area contributed by atoms with Crippen molar-refractivity contribution in [1.29, 1.82) is 0 Å². The summed E-state index contributed by atoms with van der Waals surface area (Å²) in [6.07, 6.45) is 1.89. The average Bonchev–Trinajstić information content (AvgIpc) is 2.56. The highest BCUT2D eigenvalue weighted by molar-refractivity contribution is 9.10. The maximum absolute atomic E-state index is 12.4. The molecule has 0 fully saturated rings. The molecule has 0 aromatic heterocycles. The zero-order chi connectivity index (χ0) is 18.4. The molecule has 134 valence electrons. The van der Waals surface area contributed by atoms with Crippen LogP contribution in [0.1, 0.15) is 18.1 Å². The van der Waals surface area contributed by atoms with E-state index in [0.29, 0.717) is 5.69 Å². The van der Waals surface area contributed by atoms with E-state index in [1.54, 1.807) is 0 Å². The van der Waals surface area contributed by atoms with Gasteiger partial charge in [0.1, 0.15) is 0 Å². The third-order valence-corrected chi connectivity index (χ3v) is 5.46. The lowest BCUT2D eigenvalue weighted by Gasteiger charge is -2.20. The smallest absolute Gasteiger partial charge is 0.239 e. The van der Waals surface area contributed by atoms with E-state index in [-0.39, 0.29) is 19.0 Å². The summed E-state index contributed by atoms with van der Waals surface area (Å²) in [7, 11) is -3.52. The molecule has 0 aliphatic carbocycles. The van der Waals surface area contributed by atoms with Gasteiger partial charge in [-0.1, -0.05) is 53.2 Å². The molecule has 1 N–H and O–H groups in total. The van der Waals surface area contributed by atoms with Gasteiger partial charge in [0, 0.05) is 16.7 Å². The molecule has 7 heteroatoms. The van der Waals surface area contributed by atoms with Crippen molar-refractivity contribution < 1.29 is 13.2 Å². The first-order valence-corrected chi connectivity index (χ1v) is 10.5. The molecule has 1 amide bonds. The molecule has 25 heavy (non-hydrogen) atoms. The van der Waals surface area contributed by atoms with E-state index >= 15 is 0 Å². The van der Waals surface area contributed by atoms with Crippen molar-refractivity contribution in [2.24, 2.45) is 0 Å². The van der Waals surface area contributed by atoms with Gasteiger partial charge in [-0.05, 0) is 35.7 Å². The number of carbonyl (C=O) groups excluding carboxylic acids is 1. The lowest BCUT2D eigenvalue weighted by molar-refractivity contribution is -0.116. The van der Waals surface area contributed by atoms with Crippen LogP contribution in [0.4, 0.5) is 5.69 Å². The maximum Gasteiger partial charge on any atom is 0.239 e. The van der Waals surface area contributed by atoms with Crippen molar-refractivity contribution in [3.63, 3.8) is 0 Å². The third-order valence-electron chi connectivity index (χ3n) is 3.73. The van der Waals surface area contributed by atoms with Crippen molar-refractivity contribution in [1.82, 2.24) is 4.31 Å². The molecular formula is C18H21BrN2O3S. The first kappa shape index (κ1) is 19.6. The Hall–Kier alpha value is -1.70. The average molecular weight is 425 g/mol. The maximum atomic E-state index is 12.4. The summed E-state index contributed by atoms with van der Waals surface area (Å²) in [6.45, 7) is 1.92. The van der Waals surface area contributed by atoms with Crippen LogP contribution in [0.2, 0.25) is 0 Å². The number of aryl methyl sites for hydroxylation is 1. The second-order valence-electron chi connectivity index (χ2n) is 5.72. The molecule has 0 saturated carbocycles. The molecule has 2 aromatic rings. The van der Waals surface area contributed by atoms with Gasteiger partial charge in [-0.3, -0.25) is 4.79 Å².